The van der Waals surface area contributed by atoms with Gasteiger partial charge in [-0.2, -0.15) is 0 Å². The SMILES string of the molecule is CCCNC(=O)[C@H]1[C@H]2C(=O)N(CCCO)C(C(=O)NC(C)CCC)C23CC[C@]1(C)S3. The quantitative estimate of drug-likeness (QED) is 0.481. The molecular formula is C22H37N3O4S. The van der Waals surface area contributed by atoms with E-state index in [2.05, 4.69) is 24.5 Å². The van der Waals surface area contributed by atoms with E-state index in [0.717, 1.165) is 32.1 Å². The third-order valence-electron chi connectivity index (χ3n) is 7.02. The molecule has 6 atom stereocenters. The number of aliphatic hydroxyl groups is 1. The zero-order chi connectivity index (χ0) is 22.1. The van der Waals surface area contributed by atoms with Crippen molar-refractivity contribution < 1.29 is 19.5 Å². The smallest absolute Gasteiger partial charge is 0.244 e. The number of carbonyl (C=O) groups excluding carboxylic acids is 3. The standard InChI is InChI=1S/C22H37N3O4S/c1-5-8-14(3)24-19(28)17-22-10-9-21(4,30-22)15(18(27)23-11-6-2)16(22)20(29)25(17)12-7-13-26/h14-17,26H,5-13H2,1-4H3,(H,23,27)(H,24,28)/t14?,15-,16+,17?,21+,22?/m1/s1. The lowest BCUT2D eigenvalue weighted by Gasteiger charge is -2.35. The molecule has 1 spiro atoms. The maximum Gasteiger partial charge on any atom is 0.244 e. The Balaban J connectivity index is 1.95. The predicted molar refractivity (Wildman–Crippen MR) is 118 cm³/mol. The summed E-state index contributed by atoms with van der Waals surface area (Å²) in [5, 5.41) is 15.5. The van der Waals surface area contributed by atoms with Gasteiger partial charge >= 0.3 is 0 Å². The van der Waals surface area contributed by atoms with Gasteiger partial charge in [0.1, 0.15) is 6.04 Å². The number of likely N-dealkylation sites (tertiary alicyclic amines) is 1. The van der Waals surface area contributed by atoms with Gasteiger partial charge in [-0.15, -0.1) is 11.8 Å². The highest BCUT2D eigenvalue weighted by Crippen LogP contribution is 2.71. The van der Waals surface area contributed by atoms with Crippen molar-refractivity contribution in [2.45, 2.75) is 87.8 Å². The summed E-state index contributed by atoms with van der Waals surface area (Å²) < 4.78 is -0.889. The molecule has 0 aromatic rings. The van der Waals surface area contributed by atoms with Gasteiger partial charge in [-0.3, -0.25) is 14.4 Å². The summed E-state index contributed by atoms with van der Waals surface area (Å²) in [6.45, 7) is 9.07. The van der Waals surface area contributed by atoms with Gasteiger partial charge in [-0.25, -0.2) is 0 Å². The first-order valence-corrected chi connectivity index (χ1v) is 12.3. The maximum atomic E-state index is 13.6. The van der Waals surface area contributed by atoms with Crippen LogP contribution in [0.15, 0.2) is 0 Å². The third-order valence-corrected chi connectivity index (χ3v) is 9.01. The van der Waals surface area contributed by atoms with Gasteiger partial charge in [0.25, 0.3) is 0 Å². The number of nitrogens with zero attached hydrogens (tertiary/aromatic N) is 1. The van der Waals surface area contributed by atoms with Gasteiger partial charge in [-0.1, -0.05) is 20.3 Å². The van der Waals surface area contributed by atoms with Crippen LogP contribution in [0.3, 0.4) is 0 Å². The summed E-state index contributed by atoms with van der Waals surface area (Å²) in [4.78, 5) is 41.8. The summed E-state index contributed by atoms with van der Waals surface area (Å²) in [5.74, 6) is -1.17. The number of fused-ring (bicyclic) bond motifs is 1. The highest BCUT2D eigenvalue weighted by atomic mass is 32.2. The van der Waals surface area contributed by atoms with Crippen molar-refractivity contribution in [2.24, 2.45) is 11.8 Å². The highest BCUT2D eigenvalue weighted by molar-refractivity contribution is 8.02. The second kappa shape index (κ2) is 9.07. The molecule has 3 rings (SSSR count). The Hall–Kier alpha value is -1.28. The Morgan fingerprint density at radius 2 is 2.00 bits per heavy atom. The molecular weight excluding hydrogens is 402 g/mol. The molecule has 2 bridgehead atoms. The predicted octanol–water partition coefficient (Wildman–Crippen LogP) is 1.68. The van der Waals surface area contributed by atoms with E-state index in [1.165, 1.54) is 0 Å². The zero-order valence-electron chi connectivity index (χ0n) is 18.7. The number of amides is 3. The van der Waals surface area contributed by atoms with Crippen molar-refractivity contribution in [3.63, 3.8) is 0 Å². The van der Waals surface area contributed by atoms with E-state index in [4.69, 9.17) is 0 Å². The van der Waals surface area contributed by atoms with E-state index in [1.807, 2.05) is 13.8 Å². The zero-order valence-corrected chi connectivity index (χ0v) is 19.5. The Bertz CT molecular complexity index is 689. The van der Waals surface area contributed by atoms with E-state index in [1.54, 1.807) is 16.7 Å². The first-order chi connectivity index (χ1) is 14.3. The maximum absolute atomic E-state index is 13.6. The number of hydrogen-bond donors (Lipinski definition) is 3. The summed E-state index contributed by atoms with van der Waals surface area (Å²) in [6, 6.07) is -0.549. The summed E-state index contributed by atoms with van der Waals surface area (Å²) in [6.07, 6.45) is 4.71. The fourth-order valence-corrected chi connectivity index (χ4v) is 8.15. The van der Waals surface area contributed by atoms with Crippen LogP contribution in [0, 0.1) is 11.8 Å². The monoisotopic (exact) mass is 439 g/mol. The van der Waals surface area contributed by atoms with Gasteiger partial charge in [0.2, 0.25) is 17.7 Å². The number of thioether (sulfide) groups is 1. The van der Waals surface area contributed by atoms with Crippen molar-refractivity contribution in [3.05, 3.63) is 0 Å². The minimum Gasteiger partial charge on any atom is -0.396 e. The van der Waals surface area contributed by atoms with Crippen LogP contribution in [0.5, 0.6) is 0 Å². The molecule has 3 N–H and O–H groups in total. The summed E-state index contributed by atoms with van der Waals surface area (Å²) in [7, 11) is 0. The normalized spacial score (nSPS) is 35.4. The fourth-order valence-electron chi connectivity index (χ4n) is 5.79. The lowest BCUT2D eigenvalue weighted by molar-refractivity contribution is -0.140. The molecule has 7 nitrogen and oxygen atoms in total. The number of hydrogen-bond acceptors (Lipinski definition) is 5. The number of nitrogens with one attached hydrogen (secondary N) is 2. The number of carbonyl (C=O) groups is 3. The Labute approximate surface area is 184 Å². The van der Waals surface area contributed by atoms with E-state index in [0.29, 0.717) is 19.5 Å². The summed E-state index contributed by atoms with van der Waals surface area (Å²) in [5.41, 5.74) is 0. The van der Waals surface area contributed by atoms with E-state index >= 15 is 0 Å². The van der Waals surface area contributed by atoms with E-state index < -0.39 is 22.6 Å². The third kappa shape index (κ3) is 3.74. The lowest BCUT2D eigenvalue weighted by atomic mass is 9.66. The van der Waals surface area contributed by atoms with Crippen LogP contribution in [-0.2, 0) is 14.4 Å². The molecule has 0 aromatic carbocycles. The Kier molecular flexibility index (Phi) is 7.07. The number of rotatable bonds is 10. The molecule has 8 heteroatoms. The van der Waals surface area contributed by atoms with Gasteiger partial charge in [0.05, 0.1) is 16.6 Å². The molecule has 3 aliphatic rings. The van der Waals surface area contributed by atoms with Crippen LogP contribution >= 0.6 is 11.8 Å². The first-order valence-electron chi connectivity index (χ1n) is 11.4. The molecule has 3 heterocycles. The first kappa shape index (κ1) is 23.4. The van der Waals surface area contributed by atoms with E-state index in [9.17, 15) is 19.5 Å². The Morgan fingerprint density at radius 1 is 1.27 bits per heavy atom. The molecule has 0 saturated carbocycles. The van der Waals surface area contributed by atoms with Crippen LogP contribution < -0.4 is 10.6 Å². The minimum atomic E-state index is -0.586. The lowest BCUT2D eigenvalue weighted by Crippen LogP contribution is -2.55. The van der Waals surface area contributed by atoms with Gasteiger partial charge < -0.3 is 20.6 Å². The number of aliphatic hydroxyl groups excluding tert-OH is 1. The molecule has 30 heavy (non-hydrogen) atoms. The summed E-state index contributed by atoms with van der Waals surface area (Å²) >= 11 is 1.69. The molecule has 0 radical (unpaired) electrons. The minimum absolute atomic E-state index is 0.0344. The largest absolute Gasteiger partial charge is 0.396 e. The molecule has 3 fully saturated rings. The van der Waals surface area contributed by atoms with Crippen LogP contribution in [-0.4, -0.2) is 69.0 Å². The van der Waals surface area contributed by atoms with Crippen molar-refractivity contribution >= 4 is 29.5 Å². The van der Waals surface area contributed by atoms with E-state index in [-0.39, 0.29) is 35.1 Å². The molecule has 3 amide bonds. The van der Waals surface area contributed by atoms with Crippen LogP contribution in [0.1, 0.15) is 66.2 Å². The van der Waals surface area contributed by atoms with Crippen molar-refractivity contribution in [1.82, 2.24) is 15.5 Å². The fraction of sp³-hybridized carbons (Fsp3) is 0.864. The van der Waals surface area contributed by atoms with Crippen LogP contribution in [0.25, 0.3) is 0 Å². The van der Waals surface area contributed by atoms with Crippen LogP contribution in [0.2, 0.25) is 0 Å². The molecule has 3 saturated heterocycles. The van der Waals surface area contributed by atoms with Gasteiger partial charge in [0.15, 0.2) is 0 Å². The topological polar surface area (TPSA) is 98.7 Å². The van der Waals surface area contributed by atoms with Crippen LogP contribution in [0.4, 0.5) is 0 Å². The second-order valence-corrected chi connectivity index (χ2v) is 11.2. The van der Waals surface area contributed by atoms with Gasteiger partial charge in [0, 0.05) is 30.5 Å². The highest BCUT2D eigenvalue weighted by Gasteiger charge is 2.76. The molecule has 170 valence electrons. The molecule has 0 aliphatic carbocycles. The van der Waals surface area contributed by atoms with Crippen molar-refractivity contribution in [1.29, 1.82) is 0 Å². The molecule has 0 aromatic heterocycles. The molecule has 3 unspecified atom stereocenters. The average Bonchev–Trinajstić information content (AvgIpc) is 3.25. The molecule has 3 aliphatic heterocycles. The van der Waals surface area contributed by atoms with Crippen molar-refractivity contribution in [3.8, 4) is 0 Å². The van der Waals surface area contributed by atoms with Gasteiger partial charge in [-0.05, 0) is 46.0 Å². The van der Waals surface area contributed by atoms with Crippen molar-refractivity contribution in [2.75, 3.05) is 19.7 Å². The second-order valence-electron chi connectivity index (χ2n) is 9.33. The Morgan fingerprint density at radius 3 is 2.63 bits per heavy atom. The average molecular weight is 440 g/mol.